The molecule has 0 saturated heterocycles. The third kappa shape index (κ3) is 3.80. The number of nitrogens with zero attached hydrogens (tertiary/aromatic N) is 1. The highest BCUT2D eigenvalue weighted by molar-refractivity contribution is 7.89. The molecule has 0 heterocycles. The zero-order valence-electron chi connectivity index (χ0n) is 10.2. The fourth-order valence-corrected chi connectivity index (χ4v) is 3.06. The summed E-state index contributed by atoms with van der Waals surface area (Å²) in [5.74, 6) is -0.995. The smallest absolute Gasteiger partial charge is 0.210 e. The van der Waals surface area contributed by atoms with E-state index < -0.39 is 31.2 Å². The predicted octanol–water partition coefficient (Wildman–Crippen LogP) is 2.96. The lowest BCUT2D eigenvalue weighted by Gasteiger charge is -2.16. The van der Waals surface area contributed by atoms with Gasteiger partial charge in [-0.05, 0) is 26.0 Å². The molecule has 0 amide bonds. The van der Waals surface area contributed by atoms with Gasteiger partial charge in [0.05, 0.1) is 21.5 Å². The van der Waals surface area contributed by atoms with Crippen molar-refractivity contribution in [1.29, 1.82) is 5.26 Å². The maximum absolute atomic E-state index is 13.5. The minimum atomic E-state index is -4.01. The molecule has 0 saturated carbocycles. The van der Waals surface area contributed by atoms with E-state index >= 15 is 0 Å². The van der Waals surface area contributed by atoms with E-state index in [0.717, 1.165) is 12.1 Å². The summed E-state index contributed by atoms with van der Waals surface area (Å²) < 4.78 is 39.6. The first kappa shape index (κ1) is 16.2. The van der Waals surface area contributed by atoms with E-state index in [-0.39, 0.29) is 11.6 Å². The Morgan fingerprint density at radius 1 is 1.42 bits per heavy atom. The van der Waals surface area contributed by atoms with Gasteiger partial charge in [-0.3, -0.25) is 0 Å². The predicted molar refractivity (Wildman–Crippen MR) is 71.0 cm³/mol. The summed E-state index contributed by atoms with van der Waals surface area (Å²) in [4.78, 5) is -0.412. The maximum Gasteiger partial charge on any atom is 0.242 e. The van der Waals surface area contributed by atoms with E-state index in [9.17, 15) is 12.8 Å². The number of rotatable bonds is 4. The van der Waals surface area contributed by atoms with E-state index in [1.54, 1.807) is 13.8 Å². The third-order valence-corrected chi connectivity index (χ3v) is 4.51. The van der Waals surface area contributed by atoms with E-state index in [4.69, 9.17) is 28.5 Å². The minimum absolute atomic E-state index is 0.119. The summed E-state index contributed by atoms with van der Waals surface area (Å²) in [5, 5.41) is 7.97. The van der Waals surface area contributed by atoms with Gasteiger partial charge in [0, 0.05) is 6.54 Å². The van der Waals surface area contributed by atoms with E-state index in [1.807, 2.05) is 6.07 Å². The Bertz CT molecular complexity index is 639. The molecular weight excluding hydrogens is 314 g/mol. The third-order valence-electron chi connectivity index (χ3n) is 2.30. The molecular formula is C11H11Cl2FN2O2S. The van der Waals surface area contributed by atoms with Gasteiger partial charge >= 0.3 is 0 Å². The number of nitriles is 1. The molecule has 8 heteroatoms. The lowest BCUT2D eigenvalue weighted by molar-refractivity contribution is 0.478. The van der Waals surface area contributed by atoms with Crippen LogP contribution in [0.2, 0.25) is 10.0 Å². The highest BCUT2D eigenvalue weighted by Crippen LogP contribution is 2.29. The second-order valence-electron chi connectivity index (χ2n) is 4.49. The summed E-state index contributed by atoms with van der Waals surface area (Å²) in [6, 6.07) is 4.16. The van der Waals surface area contributed by atoms with Gasteiger partial charge in [-0.1, -0.05) is 23.2 Å². The molecule has 0 bridgehead atoms. The summed E-state index contributed by atoms with van der Waals surface area (Å²) in [6.45, 7) is 3.02. The van der Waals surface area contributed by atoms with Gasteiger partial charge in [-0.25, -0.2) is 17.5 Å². The van der Waals surface area contributed by atoms with Gasteiger partial charge in [0.1, 0.15) is 4.90 Å². The van der Waals surface area contributed by atoms with Gasteiger partial charge in [-0.15, -0.1) is 0 Å². The van der Waals surface area contributed by atoms with Crippen molar-refractivity contribution < 1.29 is 12.8 Å². The monoisotopic (exact) mass is 324 g/mol. The number of sulfonamides is 1. The van der Waals surface area contributed by atoms with Gasteiger partial charge < -0.3 is 0 Å². The van der Waals surface area contributed by atoms with Crippen LogP contribution in [0.3, 0.4) is 0 Å². The highest BCUT2D eigenvalue weighted by Gasteiger charge is 2.25. The minimum Gasteiger partial charge on any atom is -0.210 e. The lowest BCUT2D eigenvalue weighted by atomic mass is 9.97. The largest absolute Gasteiger partial charge is 0.242 e. The van der Waals surface area contributed by atoms with Crippen LogP contribution >= 0.6 is 23.2 Å². The summed E-state index contributed by atoms with van der Waals surface area (Å²) in [5.41, 5.74) is -0.884. The fourth-order valence-electron chi connectivity index (χ4n) is 1.11. The van der Waals surface area contributed by atoms with Gasteiger partial charge in [0.15, 0.2) is 5.82 Å². The van der Waals surface area contributed by atoms with Gasteiger partial charge in [-0.2, -0.15) is 5.26 Å². The molecule has 1 aromatic carbocycles. The number of hydrogen-bond donors (Lipinski definition) is 1. The van der Waals surface area contributed by atoms with Crippen molar-refractivity contribution in [2.75, 3.05) is 6.54 Å². The molecule has 1 aromatic rings. The van der Waals surface area contributed by atoms with Crippen LogP contribution in [-0.4, -0.2) is 15.0 Å². The van der Waals surface area contributed by atoms with Crippen LogP contribution in [0, 0.1) is 22.6 Å². The van der Waals surface area contributed by atoms with Crippen LogP contribution in [0.25, 0.3) is 0 Å². The zero-order valence-corrected chi connectivity index (χ0v) is 12.5. The molecule has 104 valence electrons. The second kappa shape index (κ2) is 5.63. The number of benzene rings is 1. The molecule has 0 spiro atoms. The van der Waals surface area contributed by atoms with Crippen molar-refractivity contribution in [3.63, 3.8) is 0 Å². The Morgan fingerprint density at radius 3 is 2.53 bits per heavy atom. The van der Waals surface area contributed by atoms with Crippen molar-refractivity contribution in [3.8, 4) is 6.07 Å². The molecule has 0 aromatic heterocycles. The Kier molecular flexibility index (Phi) is 4.80. The van der Waals surface area contributed by atoms with Crippen molar-refractivity contribution in [1.82, 2.24) is 4.72 Å². The molecule has 1 rings (SSSR count). The maximum atomic E-state index is 13.5. The molecule has 0 aliphatic heterocycles. The summed E-state index contributed by atoms with van der Waals surface area (Å²) in [7, 11) is -4.01. The topological polar surface area (TPSA) is 70.0 Å². The standard InChI is InChI=1S/C11H11Cl2FN2O2S/c1-11(2,5-15)6-16-19(17,18)8-4-3-7(12)10(14)9(8)13/h3-4,16H,6H2,1-2H3. The molecule has 19 heavy (non-hydrogen) atoms. The SMILES string of the molecule is CC(C)(C#N)CNS(=O)(=O)c1ccc(Cl)c(F)c1Cl. The molecule has 4 nitrogen and oxygen atoms in total. The quantitative estimate of drug-likeness (QED) is 0.865. The van der Waals surface area contributed by atoms with E-state index in [1.165, 1.54) is 0 Å². The first-order valence-corrected chi connectivity index (χ1v) is 7.39. The van der Waals surface area contributed by atoms with Gasteiger partial charge in [0.2, 0.25) is 10.0 Å². The van der Waals surface area contributed by atoms with E-state index in [2.05, 4.69) is 4.72 Å². The van der Waals surface area contributed by atoms with Crippen molar-refractivity contribution >= 4 is 33.2 Å². The van der Waals surface area contributed by atoms with Crippen LogP contribution in [0.5, 0.6) is 0 Å². The van der Waals surface area contributed by atoms with E-state index in [0.29, 0.717) is 0 Å². The average Bonchev–Trinajstić information content (AvgIpc) is 2.34. The van der Waals surface area contributed by atoms with Crippen LogP contribution in [-0.2, 0) is 10.0 Å². The zero-order chi connectivity index (χ0) is 14.8. The molecule has 0 radical (unpaired) electrons. The van der Waals surface area contributed by atoms with Crippen LogP contribution in [0.15, 0.2) is 17.0 Å². The van der Waals surface area contributed by atoms with Crippen LogP contribution < -0.4 is 4.72 Å². The number of halogens is 3. The Morgan fingerprint density at radius 2 is 2.00 bits per heavy atom. The first-order valence-electron chi connectivity index (χ1n) is 5.15. The average molecular weight is 325 g/mol. The number of hydrogen-bond acceptors (Lipinski definition) is 3. The van der Waals surface area contributed by atoms with Crippen molar-refractivity contribution in [2.24, 2.45) is 5.41 Å². The highest BCUT2D eigenvalue weighted by atomic mass is 35.5. The van der Waals surface area contributed by atoms with Gasteiger partial charge in [0.25, 0.3) is 0 Å². The first-order chi connectivity index (χ1) is 8.60. The molecule has 0 fully saturated rings. The summed E-state index contributed by atoms with van der Waals surface area (Å²) >= 11 is 11.1. The Balaban J connectivity index is 3.10. The molecule has 0 unspecified atom stereocenters. The lowest BCUT2D eigenvalue weighted by Crippen LogP contribution is -2.33. The Labute approximate surface area is 121 Å². The fraction of sp³-hybridized carbons (Fsp3) is 0.364. The summed E-state index contributed by atoms with van der Waals surface area (Å²) in [6.07, 6.45) is 0. The molecule has 1 N–H and O–H groups in total. The van der Waals surface area contributed by atoms with Crippen LogP contribution in [0.4, 0.5) is 4.39 Å². The normalized spacial score (nSPS) is 12.2. The molecule has 0 aliphatic carbocycles. The number of nitrogens with one attached hydrogen (secondary N) is 1. The van der Waals surface area contributed by atoms with Crippen LogP contribution in [0.1, 0.15) is 13.8 Å². The van der Waals surface area contributed by atoms with Crippen molar-refractivity contribution in [3.05, 3.63) is 28.0 Å². The molecule has 0 atom stereocenters. The Hall–Kier alpha value is -0.870. The second-order valence-corrected chi connectivity index (χ2v) is 7.01. The molecule has 0 aliphatic rings. The van der Waals surface area contributed by atoms with Crippen molar-refractivity contribution in [2.45, 2.75) is 18.7 Å².